The predicted molar refractivity (Wildman–Crippen MR) is 129 cm³/mol. The number of hydrogen-bond donors (Lipinski definition) is 1. The summed E-state index contributed by atoms with van der Waals surface area (Å²) in [5.41, 5.74) is 4.99. The van der Waals surface area contributed by atoms with Crippen molar-refractivity contribution < 1.29 is 4.74 Å². The van der Waals surface area contributed by atoms with Crippen molar-refractivity contribution in [3.05, 3.63) is 95.8 Å². The monoisotopic (exact) mass is 411 g/mol. The Morgan fingerprint density at radius 2 is 1.65 bits per heavy atom. The van der Waals surface area contributed by atoms with Gasteiger partial charge in [0.2, 0.25) is 0 Å². The van der Waals surface area contributed by atoms with Crippen LogP contribution in [0, 0.1) is 0 Å². The van der Waals surface area contributed by atoms with Gasteiger partial charge in [-0.05, 0) is 62.6 Å². The van der Waals surface area contributed by atoms with Crippen LogP contribution in [0.3, 0.4) is 0 Å². The number of pyridine rings is 1. The van der Waals surface area contributed by atoms with Crippen molar-refractivity contribution >= 4 is 23.1 Å². The zero-order valence-corrected chi connectivity index (χ0v) is 18.6. The number of benzene rings is 2. The van der Waals surface area contributed by atoms with Crippen LogP contribution < -0.4 is 10.1 Å². The third-order valence-corrected chi connectivity index (χ3v) is 4.90. The van der Waals surface area contributed by atoms with Crippen LogP contribution in [0.25, 0.3) is 17.3 Å². The van der Waals surface area contributed by atoms with Crippen molar-refractivity contribution in [1.82, 2.24) is 9.38 Å². The number of hydrogen-bond acceptors (Lipinski definition) is 3. The predicted octanol–water partition coefficient (Wildman–Crippen LogP) is 6.68. The van der Waals surface area contributed by atoms with Crippen LogP contribution >= 0.6 is 0 Å². The summed E-state index contributed by atoms with van der Waals surface area (Å²) in [6.45, 7) is 9.07. The standard InChI is InChI=1S/C27H29N3O/c1-20(18-21-12-7-5-8-13-21)24-26(29-27(2,3)4)30-17-11-16-23(25(30)28-24)31-19-22-14-9-6-10-15-22/h5-18,29H,19H2,1-4H3. The fourth-order valence-corrected chi connectivity index (χ4v) is 3.51. The molecule has 0 spiro atoms. The maximum Gasteiger partial charge on any atom is 0.181 e. The van der Waals surface area contributed by atoms with Crippen LogP contribution in [0.15, 0.2) is 79.0 Å². The molecule has 0 amide bonds. The summed E-state index contributed by atoms with van der Waals surface area (Å²) in [5, 5.41) is 3.64. The number of fused-ring (bicyclic) bond motifs is 1. The molecule has 0 aliphatic carbocycles. The first kappa shape index (κ1) is 20.7. The molecule has 4 nitrogen and oxygen atoms in total. The highest BCUT2D eigenvalue weighted by Crippen LogP contribution is 2.32. The highest BCUT2D eigenvalue weighted by atomic mass is 16.5. The van der Waals surface area contributed by atoms with Crippen molar-refractivity contribution in [3.8, 4) is 5.75 Å². The summed E-state index contributed by atoms with van der Waals surface area (Å²) in [7, 11) is 0. The molecule has 31 heavy (non-hydrogen) atoms. The maximum absolute atomic E-state index is 6.17. The molecule has 0 saturated carbocycles. The van der Waals surface area contributed by atoms with Crippen LogP contribution in [0.4, 0.5) is 5.82 Å². The summed E-state index contributed by atoms with van der Waals surface area (Å²) in [4.78, 5) is 5.01. The van der Waals surface area contributed by atoms with E-state index in [1.807, 2.05) is 54.7 Å². The van der Waals surface area contributed by atoms with E-state index in [2.05, 4.69) is 67.8 Å². The second-order valence-corrected chi connectivity index (χ2v) is 8.76. The highest BCUT2D eigenvalue weighted by molar-refractivity contribution is 5.85. The Labute approximate surface area is 184 Å². The average molecular weight is 412 g/mol. The van der Waals surface area contributed by atoms with E-state index in [1.54, 1.807) is 0 Å². The summed E-state index contributed by atoms with van der Waals surface area (Å²) in [6, 6.07) is 24.5. The number of nitrogens with one attached hydrogen (secondary N) is 1. The topological polar surface area (TPSA) is 38.6 Å². The van der Waals surface area contributed by atoms with E-state index in [-0.39, 0.29) is 5.54 Å². The minimum Gasteiger partial charge on any atom is -0.485 e. The number of ether oxygens (including phenoxy) is 1. The van der Waals surface area contributed by atoms with Crippen LogP contribution in [-0.2, 0) is 6.61 Å². The van der Waals surface area contributed by atoms with Gasteiger partial charge in [-0.3, -0.25) is 4.40 Å². The molecular weight excluding hydrogens is 382 g/mol. The molecule has 2 heterocycles. The summed E-state index contributed by atoms with van der Waals surface area (Å²) in [5.74, 6) is 1.74. The van der Waals surface area contributed by atoms with Gasteiger partial charge in [0.25, 0.3) is 0 Å². The molecule has 4 rings (SSSR count). The lowest BCUT2D eigenvalue weighted by Crippen LogP contribution is -2.27. The first-order valence-corrected chi connectivity index (χ1v) is 10.6. The fourth-order valence-electron chi connectivity index (χ4n) is 3.51. The Kier molecular flexibility index (Phi) is 5.81. The summed E-state index contributed by atoms with van der Waals surface area (Å²) >= 11 is 0. The molecular formula is C27H29N3O. The van der Waals surface area contributed by atoms with E-state index in [0.717, 1.165) is 39.6 Å². The first-order chi connectivity index (χ1) is 14.9. The molecule has 4 aromatic rings. The third-order valence-electron chi connectivity index (χ3n) is 4.90. The minimum absolute atomic E-state index is 0.112. The van der Waals surface area contributed by atoms with E-state index in [1.165, 1.54) is 0 Å². The quantitative estimate of drug-likeness (QED) is 0.384. The average Bonchev–Trinajstić information content (AvgIpc) is 3.11. The van der Waals surface area contributed by atoms with Gasteiger partial charge in [0, 0.05) is 11.7 Å². The Morgan fingerprint density at radius 3 is 2.32 bits per heavy atom. The van der Waals surface area contributed by atoms with Gasteiger partial charge < -0.3 is 10.1 Å². The molecule has 2 aromatic heterocycles. The molecule has 0 bridgehead atoms. The lowest BCUT2D eigenvalue weighted by atomic mass is 10.1. The Balaban J connectivity index is 1.77. The minimum atomic E-state index is -0.112. The Morgan fingerprint density at radius 1 is 0.968 bits per heavy atom. The molecule has 2 aromatic carbocycles. The van der Waals surface area contributed by atoms with Gasteiger partial charge in [-0.2, -0.15) is 0 Å². The van der Waals surface area contributed by atoms with Gasteiger partial charge in [-0.25, -0.2) is 4.98 Å². The molecule has 0 saturated heterocycles. The Bertz CT molecular complexity index is 1190. The molecule has 0 atom stereocenters. The Hall–Kier alpha value is -3.53. The van der Waals surface area contributed by atoms with Gasteiger partial charge >= 0.3 is 0 Å². The molecule has 1 N–H and O–H groups in total. The van der Waals surface area contributed by atoms with Crippen molar-refractivity contribution in [2.45, 2.75) is 39.8 Å². The van der Waals surface area contributed by atoms with E-state index >= 15 is 0 Å². The molecule has 0 unspecified atom stereocenters. The van der Waals surface area contributed by atoms with E-state index in [9.17, 15) is 0 Å². The molecule has 4 heteroatoms. The second kappa shape index (κ2) is 8.68. The van der Waals surface area contributed by atoms with Gasteiger partial charge in [-0.15, -0.1) is 0 Å². The largest absolute Gasteiger partial charge is 0.485 e. The lowest BCUT2D eigenvalue weighted by Gasteiger charge is -2.22. The van der Waals surface area contributed by atoms with E-state index < -0.39 is 0 Å². The van der Waals surface area contributed by atoms with E-state index in [0.29, 0.717) is 6.61 Å². The van der Waals surface area contributed by atoms with Crippen molar-refractivity contribution in [1.29, 1.82) is 0 Å². The van der Waals surface area contributed by atoms with Gasteiger partial charge in [0.05, 0.1) is 0 Å². The van der Waals surface area contributed by atoms with Crippen LogP contribution in [0.2, 0.25) is 0 Å². The highest BCUT2D eigenvalue weighted by Gasteiger charge is 2.21. The van der Waals surface area contributed by atoms with Crippen molar-refractivity contribution in [2.75, 3.05) is 5.32 Å². The molecule has 0 aliphatic rings. The molecule has 0 aliphatic heterocycles. The fraction of sp³-hybridized carbons (Fsp3) is 0.222. The smallest absolute Gasteiger partial charge is 0.181 e. The van der Waals surface area contributed by atoms with Crippen LogP contribution in [0.5, 0.6) is 5.75 Å². The lowest BCUT2D eigenvalue weighted by molar-refractivity contribution is 0.308. The molecule has 0 radical (unpaired) electrons. The number of aromatic nitrogens is 2. The zero-order valence-electron chi connectivity index (χ0n) is 18.6. The van der Waals surface area contributed by atoms with Crippen LogP contribution in [-0.4, -0.2) is 14.9 Å². The normalized spacial score (nSPS) is 12.2. The number of nitrogens with zero attached hydrogens (tertiary/aromatic N) is 2. The SMILES string of the molecule is CC(=Cc1ccccc1)c1nc2c(OCc3ccccc3)cccn2c1NC(C)(C)C. The second-order valence-electron chi connectivity index (χ2n) is 8.76. The van der Waals surface area contributed by atoms with Crippen molar-refractivity contribution in [3.63, 3.8) is 0 Å². The zero-order chi connectivity index (χ0) is 21.8. The van der Waals surface area contributed by atoms with Gasteiger partial charge in [-0.1, -0.05) is 60.7 Å². The number of rotatable bonds is 6. The third kappa shape index (κ3) is 4.97. The summed E-state index contributed by atoms with van der Waals surface area (Å²) in [6.07, 6.45) is 4.20. The number of allylic oxidation sites excluding steroid dienone is 1. The first-order valence-electron chi connectivity index (χ1n) is 10.6. The summed E-state index contributed by atoms with van der Waals surface area (Å²) < 4.78 is 8.26. The molecule has 158 valence electrons. The maximum atomic E-state index is 6.17. The van der Waals surface area contributed by atoms with Gasteiger partial charge in [0.1, 0.15) is 18.1 Å². The number of imidazole rings is 1. The number of anilines is 1. The van der Waals surface area contributed by atoms with Gasteiger partial charge in [0.15, 0.2) is 11.4 Å². The van der Waals surface area contributed by atoms with E-state index in [4.69, 9.17) is 9.72 Å². The van der Waals surface area contributed by atoms with Crippen LogP contribution in [0.1, 0.15) is 44.5 Å². The van der Waals surface area contributed by atoms with Crippen molar-refractivity contribution in [2.24, 2.45) is 0 Å². The molecule has 0 fully saturated rings.